The van der Waals surface area contributed by atoms with Gasteiger partial charge in [-0.1, -0.05) is 42.5 Å². The Balaban J connectivity index is 1.69. The number of carbonyl (C=O) groups excluding carboxylic acids is 1. The Morgan fingerprint density at radius 3 is 2.15 bits per heavy atom. The third-order valence-electron chi connectivity index (χ3n) is 4.28. The Labute approximate surface area is 190 Å². The van der Waals surface area contributed by atoms with Crippen molar-refractivity contribution >= 4 is 33.3 Å². The van der Waals surface area contributed by atoms with Gasteiger partial charge in [-0.25, -0.2) is 8.42 Å². The van der Waals surface area contributed by atoms with Gasteiger partial charge in [-0.15, -0.1) is 11.8 Å². The molecule has 0 heterocycles. The first-order chi connectivity index (χ1) is 15.5. The standard InChI is InChI=1S/C21H14F3NO6S2/c22-21(23,24)33(29,30)17-10-11-19(18(12-17)25(27)28)32-13-20(26)31-16-8-6-15(7-9-16)14-4-2-1-3-5-14/h1-12H,13H2. The second-order valence-electron chi connectivity index (χ2n) is 6.49. The monoisotopic (exact) mass is 497 g/mol. The van der Waals surface area contributed by atoms with Crippen LogP contribution in [-0.2, 0) is 14.6 Å². The number of nitro groups is 1. The van der Waals surface area contributed by atoms with Crippen molar-refractivity contribution in [2.75, 3.05) is 5.75 Å². The molecule has 3 aromatic rings. The molecule has 0 aliphatic rings. The number of rotatable bonds is 7. The minimum Gasteiger partial charge on any atom is -0.426 e. The van der Waals surface area contributed by atoms with E-state index in [1.165, 1.54) is 0 Å². The van der Waals surface area contributed by atoms with E-state index in [1.807, 2.05) is 30.3 Å². The maximum atomic E-state index is 12.7. The van der Waals surface area contributed by atoms with E-state index >= 15 is 0 Å². The third kappa shape index (κ3) is 5.71. The smallest absolute Gasteiger partial charge is 0.426 e. The average Bonchev–Trinajstić information content (AvgIpc) is 2.78. The number of hydrogen-bond donors (Lipinski definition) is 0. The van der Waals surface area contributed by atoms with Crippen molar-refractivity contribution in [3.8, 4) is 16.9 Å². The zero-order valence-electron chi connectivity index (χ0n) is 16.5. The quantitative estimate of drug-likeness (QED) is 0.144. The molecule has 0 atom stereocenters. The largest absolute Gasteiger partial charge is 0.501 e. The number of carbonyl (C=O) groups is 1. The molecule has 0 amide bonds. The SMILES string of the molecule is O=C(CSc1ccc(S(=O)(=O)C(F)(F)F)cc1[N+](=O)[O-])Oc1ccc(-c2ccccc2)cc1. The molecule has 0 aromatic heterocycles. The second-order valence-corrected chi connectivity index (χ2v) is 9.45. The molecule has 0 aliphatic carbocycles. The second kappa shape index (κ2) is 9.63. The highest BCUT2D eigenvalue weighted by Crippen LogP contribution is 2.36. The molecule has 0 radical (unpaired) electrons. The molecule has 0 N–H and O–H groups in total. The van der Waals surface area contributed by atoms with E-state index in [4.69, 9.17) is 4.74 Å². The summed E-state index contributed by atoms with van der Waals surface area (Å²) in [5.41, 5.74) is -4.61. The van der Waals surface area contributed by atoms with Gasteiger partial charge in [0, 0.05) is 6.07 Å². The highest BCUT2D eigenvalue weighted by Gasteiger charge is 2.47. The van der Waals surface area contributed by atoms with Crippen molar-refractivity contribution in [1.29, 1.82) is 0 Å². The van der Waals surface area contributed by atoms with Gasteiger partial charge in [-0.05, 0) is 35.4 Å². The Bertz CT molecular complexity index is 1280. The molecule has 12 heteroatoms. The molecule has 3 aromatic carbocycles. The molecule has 0 unspecified atom stereocenters. The molecule has 0 saturated heterocycles. The van der Waals surface area contributed by atoms with Crippen molar-refractivity contribution < 1.29 is 36.0 Å². The number of ether oxygens (including phenoxy) is 1. The van der Waals surface area contributed by atoms with Crippen LogP contribution in [-0.4, -0.2) is 30.6 Å². The molecular weight excluding hydrogens is 483 g/mol. The van der Waals surface area contributed by atoms with Crippen molar-refractivity contribution in [3.63, 3.8) is 0 Å². The summed E-state index contributed by atoms with van der Waals surface area (Å²) < 4.78 is 66.3. The fourth-order valence-electron chi connectivity index (χ4n) is 2.71. The summed E-state index contributed by atoms with van der Waals surface area (Å²) in [6.07, 6.45) is 0. The normalized spacial score (nSPS) is 11.7. The minimum absolute atomic E-state index is 0.183. The molecule has 0 spiro atoms. The lowest BCUT2D eigenvalue weighted by Gasteiger charge is -2.09. The summed E-state index contributed by atoms with van der Waals surface area (Å²) in [6, 6.07) is 17.9. The van der Waals surface area contributed by atoms with Crippen LogP contribution in [0.2, 0.25) is 0 Å². The fraction of sp³-hybridized carbons (Fsp3) is 0.0952. The molecule has 172 valence electrons. The van der Waals surface area contributed by atoms with E-state index in [-0.39, 0.29) is 10.6 Å². The predicted octanol–water partition coefficient (Wildman–Crippen LogP) is 5.25. The molecule has 3 rings (SSSR count). The van der Waals surface area contributed by atoms with Gasteiger partial charge in [0.1, 0.15) is 5.75 Å². The summed E-state index contributed by atoms with van der Waals surface area (Å²) >= 11 is 0.637. The summed E-state index contributed by atoms with van der Waals surface area (Å²) in [4.78, 5) is 20.9. The zero-order chi connectivity index (χ0) is 24.2. The van der Waals surface area contributed by atoms with Crippen molar-refractivity contribution in [2.45, 2.75) is 15.3 Å². The molecule has 0 fully saturated rings. The Hall–Kier alpha value is -3.38. The van der Waals surface area contributed by atoms with E-state index in [9.17, 15) is 36.5 Å². The summed E-state index contributed by atoms with van der Waals surface area (Å²) in [5.74, 6) is -0.915. The van der Waals surface area contributed by atoms with Gasteiger partial charge in [0.25, 0.3) is 15.5 Å². The maximum absolute atomic E-state index is 12.7. The number of alkyl halides is 3. The molecular formula is C21H14F3NO6S2. The van der Waals surface area contributed by atoms with E-state index in [2.05, 4.69) is 0 Å². The third-order valence-corrected chi connectivity index (χ3v) is 6.80. The fourth-order valence-corrected chi connectivity index (χ4v) is 4.27. The summed E-state index contributed by atoms with van der Waals surface area (Å²) in [6.45, 7) is 0. The van der Waals surface area contributed by atoms with Crippen LogP contribution < -0.4 is 4.74 Å². The minimum atomic E-state index is -5.75. The number of sulfone groups is 1. The van der Waals surface area contributed by atoms with Crippen molar-refractivity contribution in [3.05, 3.63) is 82.9 Å². The maximum Gasteiger partial charge on any atom is 0.501 e. The molecule has 0 bridgehead atoms. The lowest BCUT2D eigenvalue weighted by Crippen LogP contribution is -2.23. The van der Waals surface area contributed by atoms with Crippen LogP contribution in [0.3, 0.4) is 0 Å². The number of hydrogen-bond acceptors (Lipinski definition) is 7. The topological polar surface area (TPSA) is 104 Å². The van der Waals surface area contributed by atoms with Gasteiger partial charge in [-0.3, -0.25) is 14.9 Å². The van der Waals surface area contributed by atoms with Gasteiger partial charge >= 0.3 is 11.5 Å². The van der Waals surface area contributed by atoms with Crippen LogP contribution >= 0.6 is 11.8 Å². The van der Waals surface area contributed by atoms with Crippen LogP contribution in [0.25, 0.3) is 11.1 Å². The van der Waals surface area contributed by atoms with E-state index in [0.29, 0.717) is 23.9 Å². The van der Waals surface area contributed by atoms with Gasteiger partial charge in [0.05, 0.1) is 20.5 Å². The number of benzene rings is 3. The first-order valence-corrected chi connectivity index (χ1v) is 11.5. The molecule has 0 aliphatic heterocycles. The number of nitrogens with zero attached hydrogens (tertiary/aromatic N) is 1. The van der Waals surface area contributed by atoms with Crippen molar-refractivity contribution in [2.24, 2.45) is 0 Å². The number of nitro benzene ring substituents is 1. The van der Waals surface area contributed by atoms with E-state index in [0.717, 1.165) is 17.2 Å². The van der Waals surface area contributed by atoms with Crippen LogP contribution in [0, 0.1) is 10.1 Å². The van der Waals surface area contributed by atoms with E-state index < -0.39 is 42.6 Å². The van der Waals surface area contributed by atoms with Gasteiger partial charge < -0.3 is 4.74 Å². The average molecular weight is 497 g/mol. The lowest BCUT2D eigenvalue weighted by molar-refractivity contribution is -0.388. The highest BCUT2D eigenvalue weighted by molar-refractivity contribution is 8.00. The number of thioether (sulfide) groups is 1. The van der Waals surface area contributed by atoms with Crippen LogP contribution in [0.4, 0.5) is 18.9 Å². The first-order valence-electron chi connectivity index (χ1n) is 9.08. The highest BCUT2D eigenvalue weighted by atomic mass is 32.2. The van der Waals surface area contributed by atoms with Gasteiger partial charge in [-0.2, -0.15) is 13.2 Å². The van der Waals surface area contributed by atoms with Gasteiger partial charge in [0.2, 0.25) is 0 Å². The van der Waals surface area contributed by atoms with Crippen LogP contribution in [0.5, 0.6) is 5.75 Å². The predicted molar refractivity (Wildman–Crippen MR) is 115 cm³/mol. The zero-order valence-corrected chi connectivity index (χ0v) is 18.1. The number of halogens is 3. The summed E-state index contributed by atoms with van der Waals surface area (Å²) in [7, 11) is -5.75. The lowest BCUT2D eigenvalue weighted by atomic mass is 10.1. The summed E-state index contributed by atoms with van der Waals surface area (Å²) in [5, 5.41) is 11.2. The van der Waals surface area contributed by atoms with Crippen LogP contribution in [0.15, 0.2) is 82.6 Å². The molecule has 33 heavy (non-hydrogen) atoms. The Morgan fingerprint density at radius 1 is 0.970 bits per heavy atom. The number of esters is 1. The van der Waals surface area contributed by atoms with Crippen molar-refractivity contribution in [1.82, 2.24) is 0 Å². The Morgan fingerprint density at radius 2 is 1.58 bits per heavy atom. The Kier molecular flexibility index (Phi) is 7.08. The molecule has 0 saturated carbocycles. The first kappa shape index (κ1) is 24.3. The van der Waals surface area contributed by atoms with E-state index in [1.54, 1.807) is 24.3 Å². The van der Waals surface area contributed by atoms with Gasteiger partial charge in [0.15, 0.2) is 0 Å². The van der Waals surface area contributed by atoms with Crippen LogP contribution in [0.1, 0.15) is 0 Å². The molecule has 7 nitrogen and oxygen atoms in total.